The number of aromatic carboxylic acids is 1. The van der Waals surface area contributed by atoms with E-state index in [2.05, 4.69) is 20.5 Å². The lowest BCUT2D eigenvalue weighted by molar-refractivity contribution is 0.0690. The summed E-state index contributed by atoms with van der Waals surface area (Å²) in [7, 11) is 0. The fourth-order valence-corrected chi connectivity index (χ4v) is 1.78. The molecule has 0 saturated heterocycles. The maximum Gasteiger partial charge on any atom is 0.358 e. The lowest BCUT2D eigenvalue weighted by Crippen LogP contribution is -1.95. The second kappa shape index (κ2) is 3.97. The molecular weight excluding hydrogens is 230 g/mol. The van der Waals surface area contributed by atoms with Crippen LogP contribution < -0.4 is 0 Å². The van der Waals surface area contributed by atoms with Crippen molar-refractivity contribution in [2.45, 2.75) is 19.8 Å². The van der Waals surface area contributed by atoms with Gasteiger partial charge in [-0.15, -0.1) is 15.3 Å². The van der Waals surface area contributed by atoms with Gasteiger partial charge in [-0.2, -0.15) is 4.68 Å². The highest BCUT2D eigenvalue weighted by atomic mass is 32.1. The monoisotopic (exact) mass is 239 g/mol. The van der Waals surface area contributed by atoms with Crippen LogP contribution in [0.4, 0.5) is 0 Å². The molecule has 0 fully saturated rings. The maximum atomic E-state index is 10.6. The van der Waals surface area contributed by atoms with Gasteiger partial charge in [-0.05, 0) is 0 Å². The summed E-state index contributed by atoms with van der Waals surface area (Å²) in [5.74, 6) is -0.825. The molecule has 0 unspecified atom stereocenters. The molecule has 0 saturated carbocycles. The predicted molar refractivity (Wildman–Crippen MR) is 55.9 cm³/mol. The molecule has 2 rings (SSSR count). The minimum absolute atomic E-state index is 0.110. The number of hydrogen-bond donors (Lipinski definition) is 1. The van der Waals surface area contributed by atoms with Crippen molar-refractivity contribution in [2.24, 2.45) is 0 Å². The van der Waals surface area contributed by atoms with Crippen LogP contribution in [0.5, 0.6) is 0 Å². The maximum absolute atomic E-state index is 10.6. The summed E-state index contributed by atoms with van der Waals surface area (Å²) in [6, 6.07) is 0. The Morgan fingerprint density at radius 3 is 2.69 bits per heavy atom. The lowest BCUT2D eigenvalue weighted by atomic mass is 10.2. The van der Waals surface area contributed by atoms with Crippen molar-refractivity contribution in [2.75, 3.05) is 0 Å². The number of rotatable bonds is 3. The van der Waals surface area contributed by atoms with Crippen LogP contribution in [-0.2, 0) is 0 Å². The Bertz CT molecular complexity index is 518. The van der Waals surface area contributed by atoms with Crippen LogP contribution >= 0.6 is 11.3 Å². The molecule has 7 nitrogen and oxygen atoms in total. The molecule has 0 bridgehead atoms. The minimum atomic E-state index is -1.11. The van der Waals surface area contributed by atoms with Gasteiger partial charge in [0, 0.05) is 5.92 Å². The van der Waals surface area contributed by atoms with Crippen molar-refractivity contribution >= 4 is 17.3 Å². The third-order valence-electron chi connectivity index (χ3n) is 1.83. The van der Waals surface area contributed by atoms with Crippen molar-refractivity contribution in [3.8, 4) is 5.13 Å². The van der Waals surface area contributed by atoms with Gasteiger partial charge in [0.2, 0.25) is 5.13 Å². The summed E-state index contributed by atoms with van der Waals surface area (Å²) in [5.41, 5.74) is -0.110. The minimum Gasteiger partial charge on any atom is -0.476 e. The molecule has 0 aliphatic heterocycles. The summed E-state index contributed by atoms with van der Waals surface area (Å²) in [5, 5.41) is 25.2. The third-order valence-corrected chi connectivity index (χ3v) is 3.05. The van der Waals surface area contributed by atoms with Crippen molar-refractivity contribution in [3.63, 3.8) is 0 Å². The van der Waals surface area contributed by atoms with E-state index < -0.39 is 5.97 Å². The van der Waals surface area contributed by atoms with E-state index in [0.717, 1.165) is 5.01 Å². The smallest absolute Gasteiger partial charge is 0.358 e. The number of hydrogen-bond acceptors (Lipinski definition) is 6. The molecule has 2 heterocycles. The van der Waals surface area contributed by atoms with E-state index in [1.807, 2.05) is 13.8 Å². The summed E-state index contributed by atoms with van der Waals surface area (Å²) in [6.07, 6.45) is 1.31. The molecule has 16 heavy (non-hydrogen) atoms. The Balaban J connectivity index is 2.31. The van der Waals surface area contributed by atoms with Crippen molar-refractivity contribution in [3.05, 3.63) is 16.9 Å². The summed E-state index contributed by atoms with van der Waals surface area (Å²) in [6.45, 7) is 4.02. The summed E-state index contributed by atoms with van der Waals surface area (Å²) in [4.78, 5) is 10.6. The van der Waals surface area contributed by atoms with E-state index in [1.54, 1.807) is 0 Å². The Morgan fingerprint density at radius 2 is 2.19 bits per heavy atom. The molecule has 2 aromatic heterocycles. The van der Waals surface area contributed by atoms with Crippen LogP contribution in [0.1, 0.15) is 35.3 Å². The number of carboxylic acids is 1. The largest absolute Gasteiger partial charge is 0.476 e. The highest BCUT2D eigenvalue weighted by molar-refractivity contribution is 7.13. The molecule has 0 aliphatic rings. The van der Waals surface area contributed by atoms with E-state index >= 15 is 0 Å². The van der Waals surface area contributed by atoms with E-state index in [-0.39, 0.29) is 11.6 Å². The molecule has 0 amide bonds. The van der Waals surface area contributed by atoms with Crippen molar-refractivity contribution < 1.29 is 9.90 Å². The van der Waals surface area contributed by atoms with E-state index in [0.29, 0.717) is 5.13 Å². The first-order valence-electron chi connectivity index (χ1n) is 4.57. The zero-order valence-corrected chi connectivity index (χ0v) is 9.47. The standard InChI is InChI=1S/C8H9N5O2S/c1-4(2)6-10-11-8(16-6)13-3-5(7(14)15)9-12-13/h3-4H,1-2H3,(H,14,15). The predicted octanol–water partition coefficient (Wildman–Crippen LogP) is 0.940. The fraction of sp³-hybridized carbons (Fsp3) is 0.375. The molecular formula is C8H9N5O2S. The van der Waals surface area contributed by atoms with Crippen LogP contribution in [0.25, 0.3) is 5.13 Å². The molecule has 0 radical (unpaired) electrons. The van der Waals surface area contributed by atoms with Gasteiger partial charge in [-0.3, -0.25) is 0 Å². The average Bonchev–Trinajstić information content (AvgIpc) is 2.86. The average molecular weight is 239 g/mol. The zero-order chi connectivity index (χ0) is 11.7. The summed E-state index contributed by atoms with van der Waals surface area (Å²) < 4.78 is 1.31. The Morgan fingerprint density at radius 1 is 1.44 bits per heavy atom. The highest BCUT2D eigenvalue weighted by Crippen LogP contribution is 2.20. The van der Waals surface area contributed by atoms with Gasteiger partial charge in [0.1, 0.15) is 5.01 Å². The summed E-state index contributed by atoms with van der Waals surface area (Å²) >= 11 is 1.36. The molecule has 1 N–H and O–H groups in total. The fourth-order valence-electron chi connectivity index (χ4n) is 1.01. The normalized spacial score (nSPS) is 10.9. The molecule has 0 spiro atoms. The molecule has 0 aromatic carbocycles. The van der Waals surface area contributed by atoms with E-state index in [9.17, 15) is 4.79 Å². The van der Waals surface area contributed by atoms with Crippen molar-refractivity contribution in [1.29, 1.82) is 0 Å². The van der Waals surface area contributed by atoms with Crippen LogP contribution in [0.3, 0.4) is 0 Å². The molecule has 0 atom stereocenters. The van der Waals surface area contributed by atoms with Gasteiger partial charge in [0.25, 0.3) is 0 Å². The Hall–Kier alpha value is -1.83. The zero-order valence-electron chi connectivity index (χ0n) is 8.65. The van der Waals surface area contributed by atoms with Crippen LogP contribution in [0, 0.1) is 0 Å². The molecule has 8 heteroatoms. The molecule has 0 aliphatic carbocycles. The highest BCUT2D eigenvalue weighted by Gasteiger charge is 2.13. The number of carboxylic acid groups (broad SMARTS) is 1. The second-order valence-corrected chi connectivity index (χ2v) is 4.42. The lowest BCUT2D eigenvalue weighted by Gasteiger charge is -1.93. The number of carbonyl (C=O) groups is 1. The van der Waals surface area contributed by atoms with Gasteiger partial charge >= 0.3 is 5.97 Å². The van der Waals surface area contributed by atoms with Crippen LogP contribution in [0.15, 0.2) is 6.20 Å². The van der Waals surface area contributed by atoms with Crippen LogP contribution in [0.2, 0.25) is 0 Å². The molecule has 84 valence electrons. The van der Waals surface area contributed by atoms with Gasteiger partial charge in [0.05, 0.1) is 6.20 Å². The Labute approximate surface area is 94.7 Å². The number of nitrogens with zero attached hydrogens (tertiary/aromatic N) is 5. The van der Waals surface area contributed by atoms with Gasteiger partial charge in [0.15, 0.2) is 5.69 Å². The van der Waals surface area contributed by atoms with E-state index in [1.165, 1.54) is 22.2 Å². The number of aromatic nitrogens is 5. The topological polar surface area (TPSA) is 93.8 Å². The first-order chi connectivity index (χ1) is 7.58. The quantitative estimate of drug-likeness (QED) is 0.856. The van der Waals surface area contributed by atoms with Gasteiger partial charge < -0.3 is 5.11 Å². The van der Waals surface area contributed by atoms with Crippen LogP contribution in [-0.4, -0.2) is 36.3 Å². The third kappa shape index (κ3) is 1.91. The van der Waals surface area contributed by atoms with Gasteiger partial charge in [-0.25, -0.2) is 4.79 Å². The van der Waals surface area contributed by atoms with E-state index in [4.69, 9.17) is 5.11 Å². The first kappa shape index (κ1) is 10.7. The molecule has 2 aromatic rings. The first-order valence-corrected chi connectivity index (χ1v) is 5.39. The second-order valence-electron chi connectivity index (χ2n) is 3.43. The SMILES string of the molecule is CC(C)c1nnc(-n2cc(C(=O)O)nn2)s1. The van der Waals surface area contributed by atoms with Crippen molar-refractivity contribution in [1.82, 2.24) is 25.2 Å². The Kier molecular flexibility index (Phi) is 2.65. The van der Waals surface area contributed by atoms with Gasteiger partial charge in [-0.1, -0.05) is 30.4 Å².